The first kappa shape index (κ1) is 15.4. The molecule has 0 fully saturated rings. The minimum absolute atomic E-state index is 0.160. The molecule has 0 aromatic rings. The van der Waals surface area contributed by atoms with Crippen LogP contribution in [0.15, 0.2) is 0 Å². The van der Waals surface area contributed by atoms with E-state index in [0.29, 0.717) is 18.9 Å². The van der Waals surface area contributed by atoms with Crippen LogP contribution in [0.2, 0.25) is 0 Å². The highest BCUT2D eigenvalue weighted by Gasteiger charge is 2.12. The van der Waals surface area contributed by atoms with Crippen molar-refractivity contribution in [2.24, 2.45) is 11.7 Å². The van der Waals surface area contributed by atoms with E-state index in [1.165, 1.54) is 0 Å². The second-order valence-corrected chi connectivity index (χ2v) is 4.74. The summed E-state index contributed by atoms with van der Waals surface area (Å²) in [6, 6.07) is 0.168. The Labute approximate surface area is 100 Å². The third-order valence-electron chi connectivity index (χ3n) is 2.87. The van der Waals surface area contributed by atoms with Crippen molar-refractivity contribution < 1.29 is 4.79 Å². The molecule has 3 heteroatoms. The Hall–Kier alpha value is -0.570. The van der Waals surface area contributed by atoms with Crippen molar-refractivity contribution >= 4 is 5.91 Å². The van der Waals surface area contributed by atoms with E-state index in [1.807, 2.05) is 0 Å². The van der Waals surface area contributed by atoms with Crippen LogP contribution >= 0.6 is 0 Å². The number of unbranched alkanes of at least 4 members (excludes halogenated alkanes) is 1. The van der Waals surface area contributed by atoms with Crippen LogP contribution in [0.25, 0.3) is 0 Å². The smallest absolute Gasteiger partial charge is 0.220 e. The van der Waals surface area contributed by atoms with E-state index < -0.39 is 0 Å². The summed E-state index contributed by atoms with van der Waals surface area (Å²) in [5, 5.41) is 3.03. The number of hydrogen-bond acceptors (Lipinski definition) is 2. The molecule has 2 unspecified atom stereocenters. The molecule has 0 heterocycles. The highest BCUT2D eigenvalue weighted by Crippen LogP contribution is 2.10. The van der Waals surface area contributed by atoms with Gasteiger partial charge in [0.25, 0.3) is 0 Å². The van der Waals surface area contributed by atoms with E-state index in [-0.39, 0.29) is 11.9 Å². The van der Waals surface area contributed by atoms with Gasteiger partial charge in [0.1, 0.15) is 0 Å². The van der Waals surface area contributed by atoms with E-state index in [2.05, 4.69) is 26.1 Å². The predicted molar refractivity (Wildman–Crippen MR) is 69.2 cm³/mol. The molecule has 2 atom stereocenters. The average Bonchev–Trinajstić information content (AvgIpc) is 2.24. The highest BCUT2D eigenvalue weighted by molar-refractivity contribution is 5.76. The molecule has 1 amide bonds. The van der Waals surface area contributed by atoms with Crippen molar-refractivity contribution in [1.82, 2.24) is 5.32 Å². The summed E-state index contributed by atoms with van der Waals surface area (Å²) in [7, 11) is 0. The van der Waals surface area contributed by atoms with E-state index in [4.69, 9.17) is 5.73 Å². The Morgan fingerprint density at radius 3 is 2.44 bits per heavy atom. The number of carbonyl (C=O) groups is 1. The fraction of sp³-hybridized carbons (Fsp3) is 0.923. The molecule has 0 aliphatic heterocycles. The molecule has 0 aromatic heterocycles. The van der Waals surface area contributed by atoms with Gasteiger partial charge < -0.3 is 11.1 Å². The minimum atomic E-state index is 0.160. The number of rotatable bonds is 9. The maximum absolute atomic E-state index is 11.7. The van der Waals surface area contributed by atoms with Crippen LogP contribution < -0.4 is 11.1 Å². The number of nitrogens with two attached hydrogens (primary N) is 1. The molecule has 0 aromatic carbocycles. The standard InChI is InChI=1S/C13H28N2O/c1-4-6-8-12(10-14)15-13(16)9-11(3)7-5-2/h11-12H,4-10,14H2,1-3H3,(H,15,16). The first-order valence-corrected chi connectivity index (χ1v) is 6.63. The van der Waals surface area contributed by atoms with Gasteiger partial charge in [-0.05, 0) is 12.3 Å². The van der Waals surface area contributed by atoms with Gasteiger partial charge in [0.2, 0.25) is 5.91 Å². The van der Waals surface area contributed by atoms with Crippen LogP contribution in [0.5, 0.6) is 0 Å². The Morgan fingerprint density at radius 1 is 1.25 bits per heavy atom. The normalized spacial score (nSPS) is 14.5. The third-order valence-corrected chi connectivity index (χ3v) is 2.87. The number of hydrogen-bond donors (Lipinski definition) is 2. The minimum Gasteiger partial charge on any atom is -0.352 e. The van der Waals surface area contributed by atoms with Crippen molar-refractivity contribution in [3.8, 4) is 0 Å². The van der Waals surface area contributed by atoms with Gasteiger partial charge in [-0.2, -0.15) is 0 Å². The zero-order chi connectivity index (χ0) is 12.4. The van der Waals surface area contributed by atoms with Crippen molar-refractivity contribution in [3.63, 3.8) is 0 Å². The second-order valence-electron chi connectivity index (χ2n) is 4.74. The lowest BCUT2D eigenvalue weighted by molar-refractivity contribution is -0.122. The van der Waals surface area contributed by atoms with Crippen molar-refractivity contribution in [1.29, 1.82) is 0 Å². The average molecular weight is 228 g/mol. The van der Waals surface area contributed by atoms with Gasteiger partial charge in [0.05, 0.1) is 0 Å². The molecule has 3 N–H and O–H groups in total. The summed E-state index contributed by atoms with van der Waals surface area (Å²) < 4.78 is 0. The number of amides is 1. The Kier molecular flexibility index (Phi) is 9.30. The molecular weight excluding hydrogens is 200 g/mol. The predicted octanol–water partition coefficient (Wildman–Crippen LogP) is 2.45. The van der Waals surface area contributed by atoms with Crippen molar-refractivity contribution in [2.75, 3.05) is 6.54 Å². The maximum atomic E-state index is 11.7. The fourth-order valence-electron chi connectivity index (χ4n) is 1.90. The fourth-order valence-corrected chi connectivity index (χ4v) is 1.90. The van der Waals surface area contributed by atoms with Crippen molar-refractivity contribution in [2.45, 2.75) is 65.3 Å². The summed E-state index contributed by atoms with van der Waals surface area (Å²) in [5.41, 5.74) is 5.64. The maximum Gasteiger partial charge on any atom is 0.220 e. The monoisotopic (exact) mass is 228 g/mol. The van der Waals surface area contributed by atoms with E-state index in [0.717, 1.165) is 32.1 Å². The molecule has 0 rings (SSSR count). The molecule has 96 valence electrons. The lowest BCUT2D eigenvalue weighted by atomic mass is 10.0. The molecule has 0 spiro atoms. The molecular formula is C13H28N2O. The van der Waals surface area contributed by atoms with E-state index in [9.17, 15) is 4.79 Å². The molecule has 0 saturated heterocycles. The molecule has 16 heavy (non-hydrogen) atoms. The Balaban J connectivity index is 3.81. The first-order valence-electron chi connectivity index (χ1n) is 6.63. The molecule has 3 nitrogen and oxygen atoms in total. The lowest BCUT2D eigenvalue weighted by Crippen LogP contribution is -2.40. The Bertz CT molecular complexity index is 183. The third kappa shape index (κ3) is 7.69. The van der Waals surface area contributed by atoms with Crippen LogP contribution in [-0.4, -0.2) is 18.5 Å². The van der Waals surface area contributed by atoms with Crippen molar-refractivity contribution in [3.05, 3.63) is 0 Å². The van der Waals surface area contributed by atoms with E-state index in [1.54, 1.807) is 0 Å². The van der Waals surface area contributed by atoms with Crippen LogP contribution in [-0.2, 0) is 4.79 Å². The van der Waals surface area contributed by atoms with Crippen LogP contribution in [0.4, 0.5) is 0 Å². The van der Waals surface area contributed by atoms with Crippen LogP contribution in [0.3, 0.4) is 0 Å². The van der Waals surface area contributed by atoms with Gasteiger partial charge in [-0.15, -0.1) is 0 Å². The zero-order valence-corrected chi connectivity index (χ0v) is 11.1. The van der Waals surface area contributed by atoms with Gasteiger partial charge in [-0.1, -0.05) is 46.5 Å². The topological polar surface area (TPSA) is 55.1 Å². The summed E-state index contributed by atoms with van der Waals surface area (Å²) in [6.07, 6.45) is 6.18. The Morgan fingerprint density at radius 2 is 1.94 bits per heavy atom. The summed E-state index contributed by atoms with van der Waals surface area (Å²) in [4.78, 5) is 11.7. The summed E-state index contributed by atoms with van der Waals surface area (Å²) >= 11 is 0. The lowest BCUT2D eigenvalue weighted by Gasteiger charge is -2.18. The molecule has 0 aliphatic rings. The molecule has 0 radical (unpaired) electrons. The zero-order valence-electron chi connectivity index (χ0n) is 11.1. The van der Waals surface area contributed by atoms with Crippen LogP contribution in [0, 0.1) is 5.92 Å². The van der Waals surface area contributed by atoms with Gasteiger partial charge in [-0.25, -0.2) is 0 Å². The molecule has 0 bridgehead atoms. The van der Waals surface area contributed by atoms with Gasteiger partial charge in [0, 0.05) is 19.0 Å². The number of carbonyl (C=O) groups excluding carboxylic acids is 1. The largest absolute Gasteiger partial charge is 0.352 e. The first-order chi connectivity index (χ1) is 7.63. The number of nitrogens with one attached hydrogen (secondary N) is 1. The SMILES string of the molecule is CCCCC(CN)NC(=O)CC(C)CCC. The summed E-state index contributed by atoms with van der Waals surface area (Å²) in [5.74, 6) is 0.641. The van der Waals surface area contributed by atoms with E-state index >= 15 is 0 Å². The highest BCUT2D eigenvalue weighted by atomic mass is 16.1. The second kappa shape index (κ2) is 9.64. The molecule has 0 aliphatic carbocycles. The summed E-state index contributed by atoms with van der Waals surface area (Å²) in [6.45, 7) is 6.98. The molecule has 0 saturated carbocycles. The van der Waals surface area contributed by atoms with Gasteiger partial charge in [0.15, 0.2) is 0 Å². The quantitative estimate of drug-likeness (QED) is 0.637. The van der Waals surface area contributed by atoms with Crippen LogP contribution in [0.1, 0.15) is 59.3 Å². The van der Waals surface area contributed by atoms with Gasteiger partial charge in [-0.3, -0.25) is 4.79 Å². The van der Waals surface area contributed by atoms with Gasteiger partial charge >= 0.3 is 0 Å².